The number of amides is 1. The van der Waals surface area contributed by atoms with Gasteiger partial charge in [0.1, 0.15) is 12.3 Å². The van der Waals surface area contributed by atoms with Crippen LogP contribution in [0.25, 0.3) is 0 Å². The van der Waals surface area contributed by atoms with Gasteiger partial charge in [0.05, 0.1) is 53.1 Å². The van der Waals surface area contributed by atoms with Gasteiger partial charge >= 0.3 is 0 Å². The van der Waals surface area contributed by atoms with Crippen molar-refractivity contribution in [2.24, 2.45) is 0 Å². The Labute approximate surface area is 160 Å². The molecule has 3 rings (SSSR count). The Hall–Kier alpha value is -2.73. The number of carbonyl (C=O) groups excluding carboxylic acids is 1. The summed E-state index contributed by atoms with van der Waals surface area (Å²) >= 11 is 0. The van der Waals surface area contributed by atoms with Gasteiger partial charge in [0.2, 0.25) is 0 Å². The monoisotopic (exact) mass is 371 g/mol. The first kappa shape index (κ1) is 19.0. The molecular weight excluding hydrogens is 344 g/mol. The molecule has 0 unspecified atom stereocenters. The average Bonchev–Trinajstić information content (AvgIpc) is 2.73. The Morgan fingerprint density at radius 2 is 1.74 bits per heavy atom. The highest BCUT2D eigenvalue weighted by molar-refractivity contribution is 5.94. The fourth-order valence-corrected chi connectivity index (χ4v) is 3.50. The normalized spacial score (nSPS) is 14.7. The van der Waals surface area contributed by atoms with Crippen molar-refractivity contribution in [2.75, 3.05) is 47.5 Å². The lowest BCUT2D eigenvalue weighted by atomic mass is 10.1. The number of ether oxygens (including phenoxy) is 3. The van der Waals surface area contributed by atoms with Crippen LogP contribution in [0.2, 0.25) is 0 Å². The number of methoxy groups -OCH3 is 3. The van der Waals surface area contributed by atoms with E-state index in [1.54, 1.807) is 27.4 Å². The molecule has 0 aliphatic carbocycles. The van der Waals surface area contributed by atoms with Gasteiger partial charge in [-0.1, -0.05) is 12.1 Å². The van der Waals surface area contributed by atoms with Crippen LogP contribution in [0.5, 0.6) is 17.2 Å². The highest BCUT2D eigenvalue weighted by Gasteiger charge is 2.26. The zero-order valence-electron chi connectivity index (χ0n) is 16.2. The molecular formula is C21H27N2O4+. The molecule has 2 aromatic rings. The first-order valence-electron chi connectivity index (χ1n) is 9.13. The molecule has 1 heterocycles. The SMILES string of the molecule is COc1cccc(C(=O)N2CC[NH+](Cc3cccc(OC)c3OC)CC2)c1. The van der Waals surface area contributed by atoms with Crippen LogP contribution in [0.3, 0.4) is 0 Å². The summed E-state index contributed by atoms with van der Waals surface area (Å²) in [6.45, 7) is 4.11. The number of piperazine rings is 1. The van der Waals surface area contributed by atoms with E-state index in [4.69, 9.17) is 14.2 Å². The molecule has 27 heavy (non-hydrogen) atoms. The predicted octanol–water partition coefficient (Wildman–Crippen LogP) is 1.25. The summed E-state index contributed by atoms with van der Waals surface area (Å²) in [6.07, 6.45) is 0. The van der Waals surface area contributed by atoms with Crippen LogP contribution in [0, 0.1) is 0 Å². The zero-order valence-corrected chi connectivity index (χ0v) is 16.2. The number of hydrogen-bond donors (Lipinski definition) is 1. The molecule has 1 aliphatic rings. The minimum atomic E-state index is 0.0620. The fraction of sp³-hybridized carbons (Fsp3) is 0.381. The van der Waals surface area contributed by atoms with Crippen LogP contribution >= 0.6 is 0 Å². The van der Waals surface area contributed by atoms with E-state index in [-0.39, 0.29) is 5.91 Å². The second-order valence-electron chi connectivity index (χ2n) is 6.60. The molecule has 0 radical (unpaired) electrons. The molecule has 0 saturated carbocycles. The van der Waals surface area contributed by atoms with Crippen LogP contribution in [0.15, 0.2) is 42.5 Å². The van der Waals surface area contributed by atoms with Crippen molar-refractivity contribution < 1.29 is 23.9 Å². The molecule has 1 aliphatic heterocycles. The molecule has 1 saturated heterocycles. The molecule has 0 bridgehead atoms. The summed E-state index contributed by atoms with van der Waals surface area (Å²) in [5, 5.41) is 0. The topological polar surface area (TPSA) is 52.4 Å². The maximum Gasteiger partial charge on any atom is 0.254 e. The maximum absolute atomic E-state index is 12.7. The van der Waals surface area contributed by atoms with Crippen molar-refractivity contribution in [1.29, 1.82) is 0 Å². The first-order valence-corrected chi connectivity index (χ1v) is 9.13. The van der Waals surface area contributed by atoms with Crippen LogP contribution in [0.4, 0.5) is 0 Å². The lowest BCUT2D eigenvalue weighted by Crippen LogP contribution is -3.13. The first-order chi connectivity index (χ1) is 13.2. The number of nitrogens with one attached hydrogen (secondary N) is 1. The summed E-state index contributed by atoms with van der Waals surface area (Å²) in [5.74, 6) is 2.31. The molecule has 0 aromatic heterocycles. The summed E-state index contributed by atoms with van der Waals surface area (Å²) in [6, 6.07) is 13.3. The molecule has 0 atom stereocenters. The Morgan fingerprint density at radius 1 is 1.00 bits per heavy atom. The molecule has 1 N–H and O–H groups in total. The number of carbonyl (C=O) groups is 1. The van der Waals surface area contributed by atoms with Crippen LogP contribution in [-0.4, -0.2) is 58.3 Å². The minimum absolute atomic E-state index is 0.0620. The zero-order chi connectivity index (χ0) is 19.2. The molecule has 0 spiro atoms. The van der Waals surface area contributed by atoms with E-state index in [1.807, 2.05) is 35.2 Å². The number of benzene rings is 2. The van der Waals surface area contributed by atoms with Crippen LogP contribution < -0.4 is 19.1 Å². The minimum Gasteiger partial charge on any atom is -0.497 e. The van der Waals surface area contributed by atoms with Gasteiger partial charge in [0.25, 0.3) is 5.91 Å². The Kier molecular flexibility index (Phi) is 6.19. The Balaban J connectivity index is 1.61. The second kappa shape index (κ2) is 8.77. The van der Waals surface area contributed by atoms with Gasteiger partial charge in [-0.25, -0.2) is 0 Å². The van der Waals surface area contributed by atoms with E-state index in [0.29, 0.717) is 11.3 Å². The van der Waals surface area contributed by atoms with Crippen LogP contribution in [0.1, 0.15) is 15.9 Å². The summed E-state index contributed by atoms with van der Waals surface area (Å²) in [4.78, 5) is 16.1. The molecule has 2 aromatic carbocycles. The smallest absolute Gasteiger partial charge is 0.254 e. The van der Waals surface area contributed by atoms with E-state index < -0.39 is 0 Å². The quantitative estimate of drug-likeness (QED) is 0.831. The van der Waals surface area contributed by atoms with Crippen molar-refractivity contribution in [3.63, 3.8) is 0 Å². The lowest BCUT2D eigenvalue weighted by molar-refractivity contribution is -0.917. The standard InChI is InChI=1S/C21H26N2O4/c1-25-18-8-4-6-16(14-18)21(24)23-12-10-22(11-13-23)15-17-7-5-9-19(26-2)20(17)27-3/h4-9,14H,10-13,15H2,1-3H3/p+1. The molecule has 6 heteroatoms. The van der Waals surface area contributed by atoms with Gasteiger partial charge in [-0.05, 0) is 30.3 Å². The third kappa shape index (κ3) is 4.34. The lowest BCUT2D eigenvalue weighted by Gasteiger charge is -2.32. The number of rotatable bonds is 6. The van der Waals surface area contributed by atoms with E-state index in [9.17, 15) is 4.79 Å². The number of para-hydroxylation sites is 1. The molecule has 1 amide bonds. The molecule has 6 nitrogen and oxygen atoms in total. The van der Waals surface area contributed by atoms with Crippen molar-refractivity contribution in [3.8, 4) is 17.2 Å². The fourth-order valence-electron chi connectivity index (χ4n) is 3.50. The van der Waals surface area contributed by atoms with Gasteiger partial charge < -0.3 is 24.0 Å². The number of hydrogen-bond acceptors (Lipinski definition) is 4. The van der Waals surface area contributed by atoms with Crippen LogP contribution in [-0.2, 0) is 6.54 Å². The third-order valence-corrected chi connectivity index (χ3v) is 5.00. The van der Waals surface area contributed by atoms with E-state index in [0.717, 1.165) is 49.8 Å². The predicted molar refractivity (Wildman–Crippen MR) is 103 cm³/mol. The third-order valence-electron chi connectivity index (χ3n) is 5.00. The Morgan fingerprint density at radius 3 is 2.41 bits per heavy atom. The van der Waals surface area contributed by atoms with E-state index in [1.165, 1.54) is 4.90 Å². The summed E-state index contributed by atoms with van der Waals surface area (Å²) in [7, 11) is 4.93. The van der Waals surface area contributed by atoms with Crippen molar-refractivity contribution in [3.05, 3.63) is 53.6 Å². The van der Waals surface area contributed by atoms with Crippen molar-refractivity contribution >= 4 is 5.91 Å². The van der Waals surface area contributed by atoms with Crippen molar-refractivity contribution in [2.45, 2.75) is 6.54 Å². The maximum atomic E-state index is 12.7. The Bertz CT molecular complexity index is 786. The van der Waals surface area contributed by atoms with Gasteiger partial charge in [-0.2, -0.15) is 0 Å². The van der Waals surface area contributed by atoms with E-state index >= 15 is 0 Å². The van der Waals surface area contributed by atoms with Crippen molar-refractivity contribution in [1.82, 2.24) is 4.90 Å². The van der Waals surface area contributed by atoms with Gasteiger partial charge in [-0.15, -0.1) is 0 Å². The number of nitrogens with zero attached hydrogens (tertiary/aromatic N) is 1. The summed E-state index contributed by atoms with van der Waals surface area (Å²) in [5.41, 5.74) is 1.80. The largest absolute Gasteiger partial charge is 0.497 e. The van der Waals surface area contributed by atoms with Gasteiger partial charge in [-0.3, -0.25) is 4.79 Å². The average molecular weight is 371 g/mol. The second-order valence-corrected chi connectivity index (χ2v) is 6.60. The highest BCUT2D eigenvalue weighted by atomic mass is 16.5. The highest BCUT2D eigenvalue weighted by Crippen LogP contribution is 2.30. The molecule has 144 valence electrons. The van der Waals surface area contributed by atoms with Gasteiger partial charge in [0, 0.05) is 5.56 Å². The number of quaternary nitrogens is 1. The van der Waals surface area contributed by atoms with Gasteiger partial charge in [0.15, 0.2) is 11.5 Å². The summed E-state index contributed by atoms with van der Waals surface area (Å²) < 4.78 is 16.1. The molecule has 1 fully saturated rings. The van der Waals surface area contributed by atoms with E-state index in [2.05, 4.69) is 6.07 Å².